The maximum Gasteiger partial charge on any atom is 0.407 e. The van der Waals surface area contributed by atoms with Crippen LogP contribution in [-0.4, -0.2) is 95.4 Å². The van der Waals surface area contributed by atoms with Crippen molar-refractivity contribution in [2.75, 3.05) is 20.2 Å². The first kappa shape index (κ1) is 45.6. The smallest absolute Gasteiger partial charge is 0.407 e. The minimum Gasteiger partial charge on any atom is -0.464 e. The quantitative estimate of drug-likeness (QED) is 0.0983. The van der Waals surface area contributed by atoms with Gasteiger partial charge in [-0.3, -0.25) is 19.0 Å². The van der Waals surface area contributed by atoms with Crippen LogP contribution < -0.4 is 15.4 Å². The van der Waals surface area contributed by atoms with E-state index in [-0.39, 0.29) is 35.7 Å². The Morgan fingerprint density at radius 3 is 2.12 bits per heavy atom. The summed E-state index contributed by atoms with van der Waals surface area (Å²) in [5.41, 5.74) is 4.63. The van der Waals surface area contributed by atoms with Crippen LogP contribution >= 0.6 is 11.3 Å². The Morgan fingerprint density at radius 2 is 1.49 bits per heavy atom. The number of thiazole rings is 1. The molecule has 6 aromatic rings. The summed E-state index contributed by atoms with van der Waals surface area (Å²) >= 11 is 1.62. The molecule has 67 heavy (non-hydrogen) atoms. The van der Waals surface area contributed by atoms with Gasteiger partial charge >= 0.3 is 6.09 Å². The lowest BCUT2D eigenvalue weighted by molar-refractivity contribution is -0.138. The second kappa shape index (κ2) is 18.6. The van der Waals surface area contributed by atoms with Crippen LogP contribution in [-0.2, 0) is 19.1 Å². The van der Waals surface area contributed by atoms with Gasteiger partial charge in [-0.15, -0.1) is 11.3 Å². The standard InChI is InChI=1S/C47H51FN10O6S.C2H6/c1-23(2)40(53-25(4)59)45(61)57-15-7-9-35(57)42-50-21-32(55-42)28-17-30(48)39-36-18-29-16-27(31-20-49-41(54-31)34-8-6-14-56(34)44(60)24(3)52-47(62)63-5)12-13-33(29)58(36)46(64-37(39)19-28)38-22-51-43(65-38)26-10-11-26;1-2/h12-13,16-24,26,34-35,40,46H,6-11,14-15H2,1-5H3,(H,49,54)(H,50,55)(H,52,62)(H,53,59);1-2H3. The number of H-pyrrole nitrogens is 2. The van der Waals surface area contributed by atoms with Crippen molar-refractivity contribution >= 4 is 46.1 Å². The Morgan fingerprint density at radius 1 is 0.836 bits per heavy atom. The number of nitrogens with zero attached hydrogens (tertiary/aromatic N) is 6. The summed E-state index contributed by atoms with van der Waals surface area (Å²) in [6, 6.07) is 9.38. The van der Waals surface area contributed by atoms with Crippen molar-refractivity contribution in [3.05, 3.63) is 82.3 Å². The van der Waals surface area contributed by atoms with Gasteiger partial charge in [-0.25, -0.2) is 24.1 Å². The Hall–Kier alpha value is -6.56. The lowest BCUT2D eigenvalue weighted by Crippen LogP contribution is -2.50. The number of methoxy groups -OCH3 is 1. The Labute approximate surface area is 392 Å². The Balaban J connectivity index is 0.00000278. The third-order valence-corrected chi connectivity index (χ3v) is 14.2. The molecule has 0 spiro atoms. The zero-order valence-corrected chi connectivity index (χ0v) is 39.6. The molecule has 2 saturated heterocycles. The third kappa shape index (κ3) is 8.67. The lowest BCUT2D eigenvalue weighted by Gasteiger charge is -2.30. The molecule has 7 heterocycles. The highest BCUT2D eigenvalue weighted by molar-refractivity contribution is 7.11. The number of nitrogens with one attached hydrogen (secondary N) is 4. The molecule has 4 N–H and O–H groups in total. The summed E-state index contributed by atoms with van der Waals surface area (Å²) in [6.45, 7) is 12.0. The number of fused-ring (bicyclic) bond motifs is 5. The molecule has 5 unspecified atom stereocenters. The van der Waals surface area contributed by atoms with E-state index in [0.717, 1.165) is 64.1 Å². The minimum absolute atomic E-state index is 0.0970. The number of amides is 4. The van der Waals surface area contributed by atoms with E-state index in [1.807, 2.05) is 68.8 Å². The van der Waals surface area contributed by atoms with Gasteiger partial charge in [0.2, 0.25) is 23.9 Å². The number of imidazole rings is 2. The van der Waals surface area contributed by atoms with Gasteiger partial charge in [0, 0.05) is 48.6 Å². The van der Waals surface area contributed by atoms with Crippen LogP contribution in [0.5, 0.6) is 5.75 Å². The second-order valence-corrected chi connectivity index (χ2v) is 19.0. The summed E-state index contributed by atoms with van der Waals surface area (Å²) in [5, 5.41) is 7.33. The van der Waals surface area contributed by atoms with Crippen LogP contribution in [0.25, 0.3) is 44.7 Å². The van der Waals surface area contributed by atoms with Gasteiger partial charge < -0.3 is 39.9 Å². The van der Waals surface area contributed by atoms with Crippen molar-refractivity contribution in [2.45, 2.75) is 116 Å². The topological polar surface area (TPSA) is 192 Å². The largest absolute Gasteiger partial charge is 0.464 e. The first-order valence-corrected chi connectivity index (χ1v) is 24.1. The molecule has 0 bridgehead atoms. The van der Waals surface area contributed by atoms with Gasteiger partial charge in [-0.1, -0.05) is 33.8 Å². The summed E-state index contributed by atoms with van der Waals surface area (Å²) < 4.78 is 30.4. The molecule has 1 saturated carbocycles. The second-order valence-electron chi connectivity index (χ2n) is 17.9. The normalized spacial score (nSPS) is 19.6. The van der Waals surface area contributed by atoms with Crippen molar-refractivity contribution < 1.29 is 33.0 Å². The van der Waals surface area contributed by atoms with E-state index >= 15 is 4.39 Å². The number of alkyl carbamates (subject to hydrolysis) is 1. The highest BCUT2D eigenvalue weighted by Gasteiger charge is 2.39. The summed E-state index contributed by atoms with van der Waals surface area (Å²) in [4.78, 5) is 76.4. The zero-order chi connectivity index (χ0) is 47.3. The maximum absolute atomic E-state index is 16.8. The third-order valence-electron chi connectivity index (χ3n) is 13.0. The molecule has 3 fully saturated rings. The molecule has 5 atom stereocenters. The highest BCUT2D eigenvalue weighted by Crippen LogP contribution is 2.50. The molecule has 4 amide bonds. The van der Waals surface area contributed by atoms with Crippen LogP contribution in [0.1, 0.15) is 126 Å². The maximum atomic E-state index is 16.8. The first-order chi connectivity index (χ1) is 32.4. The van der Waals surface area contributed by atoms with Crippen molar-refractivity contribution in [2.24, 2.45) is 5.92 Å². The molecular formula is C49H57FN10O6S. The van der Waals surface area contributed by atoms with E-state index < -0.39 is 30.2 Å². The van der Waals surface area contributed by atoms with E-state index in [4.69, 9.17) is 24.4 Å². The molecule has 2 aromatic carbocycles. The van der Waals surface area contributed by atoms with Crippen molar-refractivity contribution in [1.29, 1.82) is 0 Å². The van der Waals surface area contributed by atoms with Crippen LogP contribution in [0, 0.1) is 11.7 Å². The van der Waals surface area contributed by atoms with Gasteiger partial charge in [-0.05, 0) is 81.7 Å². The van der Waals surface area contributed by atoms with Crippen molar-refractivity contribution in [3.8, 4) is 39.5 Å². The number of likely N-dealkylation sites (tertiary alicyclic amines) is 2. The van der Waals surface area contributed by atoms with Crippen LogP contribution in [0.15, 0.2) is 55.0 Å². The summed E-state index contributed by atoms with van der Waals surface area (Å²) in [6.07, 6.45) is 9.27. The SMILES string of the molecule is CC.COC(=O)NC(C)C(=O)N1CCCC1c1ncc(-c2ccc3c(c2)cc2n3C(c3cnc(C4CC4)s3)Oc3cc(-c4cnc(C5CCCN5C(=O)C(NC(C)=O)C(C)C)[nH]4)cc(F)c3-2)[nH]1. The minimum atomic E-state index is -0.758. The molecule has 18 heteroatoms. The number of aromatic amines is 2. The average molecular weight is 933 g/mol. The highest BCUT2D eigenvalue weighted by atomic mass is 32.1. The number of benzene rings is 2. The number of hydrogen-bond donors (Lipinski definition) is 4. The van der Waals surface area contributed by atoms with E-state index in [0.29, 0.717) is 65.3 Å². The van der Waals surface area contributed by atoms with Crippen molar-refractivity contribution in [3.63, 3.8) is 0 Å². The number of ether oxygens (including phenoxy) is 2. The predicted octanol–water partition coefficient (Wildman–Crippen LogP) is 8.76. The number of rotatable bonds is 11. The number of halogens is 1. The lowest BCUT2D eigenvalue weighted by atomic mass is 10.0. The zero-order valence-electron chi connectivity index (χ0n) is 38.8. The molecule has 352 valence electrons. The fourth-order valence-electron chi connectivity index (χ4n) is 9.61. The van der Waals surface area contributed by atoms with Gasteiger partial charge in [-0.2, -0.15) is 0 Å². The van der Waals surface area contributed by atoms with E-state index in [2.05, 4.69) is 20.6 Å². The van der Waals surface area contributed by atoms with Gasteiger partial charge in [0.05, 0.1) is 69.6 Å². The molecule has 4 aliphatic rings. The summed E-state index contributed by atoms with van der Waals surface area (Å²) in [5.74, 6) is 0.918. The molecule has 4 aromatic heterocycles. The van der Waals surface area contributed by atoms with Gasteiger partial charge in [0.25, 0.3) is 0 Å². The van der Waals surface area contributed by atoms with Crippen LogP contribution in [0.2, 0.25) is 0 Å². The number of aromatic nitrogens is 6. The fourth-order valence-corrected chi connectivity index (χ4v) is 10.7. The van der Waals surface area contributed by atoms with Crippen molar-refractivity contribution in [1.82, 2.24) is 49.9 Å². The molecule has 0 radical (unpaired) electrons. The molecule has 1 aliphatic carbocycles. The molecule has 10 rings (SSSR count). The Kier molecular flexibility index (Phi) is 12.7. The monoisotopic (exact) mass is 932 g/mol. The van der Waals surface area contributed by atoms with Crippen LogP contribution in [0.3, 0.4) is 0 Å². The summed E-state index contributed by atoms with van der Waals surface area (Å²) in [7, 11) is 1.26. The first-order valence-electron chi connectivity index (χ1n) is 23.3. The average Bonchev–Trinajstić information content (AvgIpc) is 4.04. The number of carbonyl (C=O) groups is 4. The fraction of sp³-hybridized carbons (Fsp3) is 0.449. The predicted molar refractivity (Wildman–Crippen MR) is 252 cm³/mol. The van der Waals surface area contributed by atoms with E-state index in [1.165, 1.54) is 20.1 Å². The molecule has 16 nitrogen and oxygen atoms in total. The van der Waals surface area contributed by atoms with E-state index in [1.54, 1.807) is 40.5 Å². The molecule has 3 aliphatic heterocycles. The number of carbonyl (C=O) groups excluding carboxylic acids is 4. The number of hydrogen-bond acceptors (Lipinski definition) is 10. The van der Waals surface area contributed by atoms with E-state index in [9.17, 15) is 19.2 Å². The van der Waals surface area contributed by atoms with Crippen LogP contribution in [0.4, 0.5) is 9.18 Å². The van der Waals surface area contributed by atoms with Gasteiger partial charge in [0.15, 0.2) is 0 Å². The molecular weight excluding hydrogens is 876 g/mol. The Bertz CT molecular complexity index is 2840. The van der Waals surface area contributed by atoms with Gasteiger partial charge in [0.1, 0.15) is 35.3 Å².